The summed E-state index contributed by atoms with van der Waals surface area (Å²) in [6.07, 6.45) is -3.90. The normalized spacial score (nSPS) is 12.5. The predicted molar refractivity (Wildman–Crippen MR) is 72.8 cm³/mol. The molecular formula is C13H18F3N3O. The fourth-order valence-corrected chi connectivity index (χ4v) is 1.38. The van der Waals surface area contributed by atoms with Crippen molar-refractivity contribution in [2.75, 3.05) is 25.1 Å². The van der Waals surface area contributed by atoms with Gasteiger partial charge in [0.1, 0.15) is 6.61 Å². The van der Waals surface area contributed by atoms with Crippen molar-refractivity contribution < 1.29 is 17.9 Å². The van der Waals surface area contributed by atoms with Crippen LogP contribution in [0.3, 0.4) is 0 Å². The van der Waals surface area contributed by atoms with E-state index in [0.29, 0.717) is 13.0 Å². The molecule has 112 valence electrons. The molecule has 7 heteroatoms. The summed E-state index contributed by atoms with van der Waals surface area (Å²) in [5.74, 6) is 0.227. The number of anilines is 1. The lowest BCUT2D eigenvalue weighted by atomic mass is 10.2. The van der Waals surface area contributed by atoms with Gasteiger partial charge in [0.05, 0.1) is 0 Å². The molecule has 0 spiro atoms. The lowest BCUT2D eigenvalue weighted by molar-refractivity contribution is -0.173. The van der Waals surface area contributed by atoms with Gasteiger partial charge in [0.2, 0.25) is 0 Å². The van der Waals surface area contributed by atoms with Gasteiger partial charge in [0.25, 0.3) is 0 Å². The number of aliphatic imine (C=N–C) groups is 1. The molecule has 1 aromatic carbocycles. The number of benzene rings is 1. The number of halogens is 3. The number of ether oxygens (including phenoxy) is 1. The van der Waals surface area contributed by atoms with Gasteiger partial charge in [0, 0.05) is 18.8 Å². The highest BCUT2D eigenvalue weighted by Crippen LogP contribution is 2.14. The van der Waals surface area contributed by atoms with Gasteiger partial charge in [0.15, 0.2) is 5.96 Å². The van der Waals surface area contributed by atoms with Crippen LogP contribution in [-0.2, 0) is 4.74 Å². The number of nitrogens with two attached hydrogens (primary N) is 1. The lowest BCUT2D eigenvalue weighted by Gasteiger charge is -2.07. The maximum Gasteiger partial charge on any atom is 0.411 e. The maximum atomic E-state index is 11.8. The zero-order valence-corrected chi connectivity index (χ0v) is 11.2. The summed E-state index contributed by atoms with van der Waals surface area (Å²) in [7, 11) is 0. The van der Waals surface area contributed by atoms with E-state index in [1.54, 1.807) is 0 Å². The summed E-state index contributed by atoms with van der Waals surface area (Å²) in [5, 5.41) is 2.89. The quantitative estimate of drug-likeness (QED) is 0.481. The minimum atomic E-state index is -4.28. The van der Waals surface area contributed by atoms with Gasteiger partial charge in [-0.3, -0.25) is 4.99 Å². The Kier molecular flexibility index (Phi) is 6.30. The van der Waals surface area contributed by atoms with Crippen LogP contribution in [0.15, 0.2) is 29.3 Å². The molecule has 1 aromatic rings. The van der Waals surface area contributed by atoms with Gasteiger partial charge in [-0.05, 0) is 25.5 Å². The Labute approximate surface area is 115 Å². The number of alkyl halides is 3. The summed E-state index contributed by atoms with van der Waals surface area (Å²) in [6.45, 7) is 1.05. The summed E-state index contributed by atoms with van der Waals surface area (Å²) < 4.78 is 39.8. The summed E-state index contributed by atoms with van der Waals surface area (Å²) in [6, 6.07) is 7.59. The third-order valence-corrected chi connectivity index (χ3v) is 2.32. The Morgan fingerprint density at radius 2 is 1.95 bits per heavy atom. The fourth-order valence-electron chi connectivity index (χ4n) is 1.38. The second-order valence-electron chi connectivity index (χ2n) is 4.28. The summed E-state index contributed by atoms with van der Waals surface area (Å²) in [5.41, 5.74) is 7.59. The van der Waals surface area contributed by atoms with Crippen LogP contribution in [0.4, 0.5) is 18.9 Å². The first-order valence-electron chi connectivity index (χ1n) is 6.15. The Hall–Kier alpha value is -1.76. The third kappa shape index (κ3) is 7.63. The van der Waals surface area contributed by atoms with Crippen molar-refractivity contribution in [2.24, 2.45) is 10.7 Å². The van der Waals surface area contributed by atoms with E-state index in [0.717, 1.165) is 11.3 Å². The molecule has 0 aliphatic rings. The predicted octanol–water partition coefficient (Wildman–Crippen LogP) is 2.69. The van der Waals surface area contributed by atoms with E-state index >= 15 is 0 Å². The molecule has 0 aliphatic heterocycles. The number of hydrogen-bond acceptors (Lipinski definition) is 2. The number of guanidine groups is 1. The molecule has 0 saturated heterocycles. The van der Waals surface area contributed by atoms with Gasteiger partial charge in [-0.2, -0.15) is 13.2 Å². The van der Waals surface area contributed by atoms with Crippen molar-refractivity contribution in [2.45, 2.75) is 19.5 Å². The molecule has 1 rings (SSSR count). The summed E-state index contributed by atoms with van der Waals surface area (Å²) in [4.78, 5) is 4.00. The van der Waals surface area contributed by atoms with Crippen LogP contribution in [0.1, 0.15) is 12.0 Å². The smallest absolute Gasteiger partial charge is 0.372 e. The molecule has 0 saturated carbocycles. The first-order valence-corrected chi connectivity index (χ1v) is 6.15. The van der Waals surface area contributed by atoms with Crippen LogP contribution >= 0.6 is 0 Å². The largest absolute Gasteiger partial charge is 0.411 e. The molecule has 0 atom stereocenters. The highest BCUT2D eigenvalue weighted by molar-refractivity contribution is 5.92. The van der Waals surface area contributed by atoms with E-state index in [2.05, 4.69) is 15.0 Å². The van der Waals surface area contributed by atoms with Crippen LogP contribution in [0.5, 0.6) is 0 Å². The van der Waals surface area contributed by atoms with E-state index in [4.69, 9.17) is 5.73 Å². The zero-order chi connectivity index (χ0) is 15.0. The van der Waals surface area contributed by atoms with E-state index in [1.165, 1.54) is 0 Å². The first-order chi connectivity index (χ1) is 9.37. The lowest BCUT2D eigenvalue weighted by Crippen LogP contribution is -2.23. The van der Waals surface area contributed by atoms with Gasteiger partial charge in [-0.15, -0.1) is 0 Å². The van der Waals surface area contributed by atoms with Crippen LogP contribution < -0.4 is 11.1 Å². The van der Waals surface area contributed by atoms with E-state index < -0.39 is 12.8 Å². The molecule has 0 aromatic heterocycles. The Bertz CT molecular complexity index is 429. The number of hydrogen-bond donors (Lipinski definition) is 2. The number of nitrogens with one attached hydrogen (secondary N) is 1. The Balaban J connectivity index is 2.20. The van der Waals surface area contributed by atoms with Crippen molar-refractivity contribution in [3.63, 3.8) is 0 Å². The number of rotatable bonds is 6. The molecule has 0 aliphatic carbocycles. The second-order valence-corrected chi connectivity index (χ2v) is 4.28. The third-order valence-electron chi connectivity index (χ3n) is 2.32. The molecule has 20 heavy (non-hydrogen) atoms. The van der Waals surface area contributed by atoms with Gasteiger partial charge in [-0.25, -0.2) is 0 Å². The van der Waals surface area contributed by atoms with E-state index in [9.17, 15) is 13.2 Å². The van der Waals surface area contributed by atoms with Crippen LogP contribution in [0, 0.1) is 6.92 Å². The Morgan fingerprint density at radius 1 is 1.30 bits per heavy atom. The number of aryl methyl sites for hydroxylation is 1. The van der Waals surface area contributed by atoms with Crippen LogP contribution in [0.25, 0.3) is 0 Å². The van der Waals surface area contributed by atoms with Crippen molar-refractivity contribution in [1.82, 2.24) is 0 Å². The molecule has 0 heterocycles. The standard InChI is InChI=1S/C13H18F3N3O/c1-10-3-5-11(6-4-10)19-12(17)18-7-2-8-20-9-13(14,15)16/h3-6H,2,7-9H2,1H3,(H3,17,18,19). The molecule has 0 fully saturated rings. The SMILES string of the molecule is Cc1ccc(NC(N)=NCCCOCC(F)(F)F)cc1. The minimum absolute atomic E-state index is 0.000815. The van der Waals surface area contributed by atoms with Gasteiger partial charge in [-0.1, -0.05) is 17.7 Å². The molecule has 0 unspecified atom stereocenters. The maximum absolute atomic E-state index is 11.8. The van der Waals surface area contributed by atoms with E-state index in [1.807, 2.05) is 31.2 Å². The molecular weight excluding hydrogens is 271 g/mol. The van der Waals surface area contributed by atoms with Crippen molar-refractivity contribution in [3.05, 3.63) is 29.8 Å². The van der Waals surface area contributed by atoms with Crippen molar-refractivity contribution in [1.29, 1.82) is 0 Å². The van der Waals surface area contributed by atoms with Crippen LogP contribution in [0.2, 0.25) is 0 Å². The average Bonchev–Trinajstić information content (AvgIpc) is 2.35. The fraction of sp³-hybridized carbons (Fsp3) is 0.462. The highest BCUT2D eigenvalue weighted by Gasteiger charge is 2.27. The molecule has 3 N–H and O–H groups in total. The molecule has 0 bridgehead atoms. The number of nitrogens with zero attached hydrogens (tertiary/aromatic N) is 1. The second kappa shape index (κ2) is 7.74. The van der Waals surface area contributed by atoms with Crippen molar-refractivity contribution in [3.8, 4) is 0 Å². The van der Waals surface area contributed by atoms with Gasteiger partial charge < -0.3 is 15.8 Å². The molecule has 0 amide bonds. The van der Waals surface area contributed by atoms with Crippen LogP contribution in [-0.4, -0.2) is 31.9 Å². The highest BCUT2D eigenvalue weighted by atomic mass is 19.4. The zero-order valence-electron chi connectivity index (χ0n) is 11.2. The molecule has 0 radical (unpaired) electrons. The Morgan fingerprint density at radius 3 is 2.55 bits per heavy atom. The summed E-state index contributed by atoms with van der Waals surface area (Å²) >= 11 is 0. The first kappa shape index (κ1) is 16.3. The monoisotopic (exact) mass is 289 g/mol. The van der Waals surface area contributed by atoms with E-state index in [-0.39, 0.29) is 12.6 Å². The average molecular weight is 289 g/mol. The molecule has 4 nitrogen and oxygen atoms in total. The topological polar surface area (TPSA) is 59.6 Å². The minimum Gasteiger partial charge on any atom is -0.372 e. The van der Waals surface area contributed by atoms with Crippen molar-refractivity contribution >= 4 is 11.6 Å². The van der Waals surface area contributed by atoms with Gasteiger partial charge >= 0.3 is 6.18 Å².